The number of thiazole rings is 1. The van der Waals surface area contributed by atoms with Gasteiger partial charge in [-0.25, -0.2) is 4.79 Å². The van der Waals surface area contributed by atoms with Gasteiger partial charge in [0.15, 0.2) is 24.2 Å². The first-order valence-electron chi connectivity index (χ1n) is 16.0. The van der Waals surface area contributed by atoms with Gasteiger partial charge in [-0.2, -0.15) is 4.57 Å². The molecule has 0 bridgehead atoms. The minimum atomic E-state index is -0.297. The Bertz CT molecular complexity index is 1190. The van der Waals surface area contributed by atoms with Crippen molar-refractivity contribution in [3.8, 4) is 11.5 Å². The predicted molar refractivity (Wildman–Crippen MR) is 176 cm³/mol. The topological polar surface area (TPSA) is 63.5 Å². The maximum absolute atomic E-state index is 12.7. The van der Waals surface area contributed by atoms with E-state index in [0.29, 0.717) is 23.8 Å². The van der Waals surface area contributed by atoms with Crippen molar-refractivity contribution in [1.82, 2.24) is 0 Å². The lowest BCUT2D eigenvalue weighted by molar-refractivity contribution is -0.683. The lowest BCUT2D eigenvalue weighted by Crippen LogP contribution is -3.00. The fourth-order valence-electron chi connectivity index (χ4n) is 5.13. The van der Waals surface area contributed by atoms with E-state index in [1.54, 1.807) is 18.4 Å². The molecular weight excluding hydrogens is 622 g/mol. The van der Waals surface area contributed by atoms with E-state index in [4.69, 9.17) is 9.47 Å². The fourth-order valence-corrected chi connectivity index (χ4v) is 5.76. The number of hydrogen-bond acceptors (Lipinski definition) is 4. The van der Waals surface area contributed by atoms with Crippen molar-refractivity contribution in [2.45, 2.75) is 110 Å². The number of aryl methyl sites for hydroxylation is 1. The molecule has 2 N–H and O–H groups in total. The molecule has 6 nitrogen and oxygen atoms in total. The van der Waals surface area contributed by atoms with E-state index in [2.05, 4.69) is 46.8 Å². The van der Waals surface area contributed by atoms with E-state index in [-0.39, 0.29) is 23.0 Å². The van der Waals surface area contributed by atoms with E-state index in [1.807, 2.05) is 36.4 Å². The van der Waals surface area contributed by atoms with E-state index in [1.165, 1.54) is 88.3 Å². The number of rotatable bonds is 21. The van der Waals surface area contributed by atoms with E-state index in [9.17, 15) is 4.79 Å². The molecule has 0 saturated heterocycles. The van der Waals surface area contributed by atoms with Crippen molar-refractivity contribution in [3.05, 3.63) is 64.6 Å². The Balaban J connectivity index is 0.00000645. The molecule has 3 rings (SSSR count). The molecule has 0 unspecified atom stereocenters. The summed E-state index contributed by atoms with van der Waals surface area (Å²) in [5.74, 6) is 1.32. The summed E-state index contributed by atoms with van der Waals surface area (Å²) in [4.78, 5) is 14.0. The lowest BCUT2D eigenvalue weighted by Gasteiger charge is -2.13. The van der Waals surface area contributed by atoms with Crippen molar-refractivity contribution in [3.63, 3.8) is 0 Å². The molecule has 0 fully saturated rings. The smallest absolute Gasteiger partial charge is 0.323 e. The Kier molecular flexibility index (Phi) is 18.7. The van der Waals surface area contributed by atoms with Crippen LogP contribution in [0.25, 0.3) is 0 Å². The Morgan fingerprint density at radius 3 is 1.98 bits per heavy atom. The molecule has 2 aromatic carbocycles. The average Bonchev–Trinajstić information content (AvgIpc) is 3.39. The summed E-state index contributed by atoms with van der Waals surface area (Å²) in [6.45, 7) is 5.78. The number of carbonyl (C=O) groups excluding carboxylic acids is 1. The first-order chi connectivity index (χ1) is 20.6. The van der Waals surface area contributed by atoms with Gasteiger partial charge in [0.05, 0.1) is 18.6 Å². The number of amides is 2. The van der Waals surface area contributed by atoms with Crippen molar-refractivity contribution in [1.29, 1.82) is 0 Å². The van der Waals surface area contributed by atoms with Crippen LogP contribution in [-0.4, -0.2) is 19.7 Å². The Morgan fingerprint density at radius 1 is 0.791 bits per heavy atom. The molecule has 2 amide bonds. The molecule has 0 saturated carbocycles. The Morgan fingerprint density at radius 2 is 1.40 bits per heavy atom. The standard InChI is InChI=1S/C35H51N3O3S.BrH/c1-4-5-6-7-8-9-10-11-12-13-14-15-16-17-23-41-34-25-32(21-22-33(34)40-3)37-35(39)36-31-20-18-19-30(24-31)27-38-26-29(2)42-28-38;/h18-22,24-26,28H,4-17,23,27H2,1-3H3,(H-,36,37,39);1H. The van der Waals surface area contributed by atoms with Crippen LogP contribution in [0, 0.1) is 6.92 Å². The summed E-state index contributed by atoms with van der Waals surface area (Å²) in [6, 6.07) is 13.1. The monoisotopic (exact) mass is 673 g/mol. The van der Waals surface area contributed by atoms with Gasteiger partial charge in [0.25, 0.3) is 0 Å². The normalized spacial score (nSPS) is 10.7. The minimum absolute atomic E-state index is 0. The van der Waals surface area contributed by atoms with Crippen molar-refractivity contribution in [2.75, 3.05) is 24.4 Å². The molecule has 8 heteroatoms. The van der Waals surface area contributed by atoms with Crippen LogP contribution < -0.4 is 41.7 Å². The number of carbonyl (C=O) groups is 1. The van der Waals surface area contributed by atoms with Crippen molar-refractivity contribution in [2.24, 2.45) is 0 Å². The zero-order valence-electron chi connectivity index (χ0n) is 26.5. The second kappa shape index (κ2) is 22.0. The first-order valence-corrected chi connectivity index (χ1v) is 16.9. The van der Waals surface area contributed by atoms with Gasteiger partial charge in [-0.05, 0) is 37.6 Å². The maximum atomic E-state index is 12.7. The lowest BCUT2D eigenvalue weighted by atomic mass is 10.0. The third kappa shape index (κ3) is 15.1. The highest BCUT2D eigenvalue weighted by Crippen LogP contribution is 2.30. The van der Waals surface area contributed by atoms with Crippen LogP contribution in [-0.2, 0) is 6.54 Å². The van der Waals surface area contributed by atoms with Crippen molar-refractivity contribution < 1.29 is 35.8 Å². The number of nitrogens with one attached hydrogen (secondary N) is 2. The van der Waals surface area contributed by atoms with Crippen LogP contribution >= 0.6 is 11.3 Å². The number of ether oxygens (including phenoxy) is 2. The molecule has 1 heterocycles. The molecule has 0 atom stereocenters. The molecule has 0 radical (unpaired) electrons. The Hall–Kier alpha value is -2.58. The molecule has 0 aliphatic rings. The first kappa shape index (κ1) is 36.6. The molecule has 0 spiro atoms. The van der Waals surface area contributed by atoms with Gasteiger partial charge in [0.1, 0.15) is 0 Å². The summed E-state index contributed by atoms with van der Waals surface area (Å²) in [5.41, 5.74) is 4.63. The largest absolute Gasteiger partial charge is 1.00 e. The summed E-state index contributed by atoms with van der Waals surface area (Å²) >= 11 is 1.72. The van der Waals surface area contributed by atoms with Gasteiger partial charge < -0.3 is 37.1 Å². The number of hydrogen-bond donors (Lipinski definition) is 2. The number of unbranched alkanes of at least 4 members (excludes halogenated alkanes) is 13. The number of urea groups is 1. The molecule has 1 aromatic heterocycles. The third-order valence-corrected chi connectivity index (χ3v) is 8.30. The van der Waals surface area contributed by atoms with Crippen LogP contribution in [0.1, 0.15) is 107 Å². The van der Waals surface area contributed by atoms with Crippen LogP contribution in [0.2, 0.25) is 0 Å². The predicted octanol–water partition coefficient (Wildman–Crippen LogP) is 6.91. The number of halogens is 1. The van der Waals surface area contributed by atoms with Crippen molar-refractivity contribution >= 4 is 28.7 Å². The van der Waals surface area contributed by atoms with Gasteiger partial charge >= 0.3 is 6.03 Å². The zero-order valence-corrected chi connectivity index (χ0v) is 28.9. The van der Waals surface area contributed by atoms with E-state index in [0.717, 1.165) is 24.2 Å². The Labute approximate surface area is 274 Å². The fraction of sp³-hybridized carbons (Fsp3) is 0.543. The average molecular weight is 675 g/mol. The number of anilines is 2. The molecule has 0 aliphatic heterocycles. The highest BCUT2D eigenvalue weighted by atomic mass is 79.9. The maximum Gasteiger partial charge on any atom is 0.323 e. The van der Waals surface area contributed by atoms with Gasteiger partial charge in [-0.1, -0.05) is 114 Å². The number of benzene rings is 2. The molecule has 43 heavy (non-hydrogen) atoms. The van der Waals surface area contributed by atoms with Gasteiger partial charge in [0, 0.05) is 23.0 Å². The van der Waals surface area contributed by atoms with Gasteiger partial charge in [0.2, 0.25) is 5.51 Å². The molecular formula is C35H52BrN3O3S. The van der Waals surface area contributed by atoms with Gasteiger partial charge in [-0.3, -0.25) is 0 Å². The summed E-state index contributed by atoms with van der Waals surface area (Å²) in [5, 5.41) is 5.86. The third-order valence-electron chi connectivity index (χ3n) is 7.45. The van der Waals surface area contributed by atoms with Gasteiger partial charge in [-0.15, -0.1) is 0 Å². The minimum Gasteiger partial charge on any atom is -1.00 e. The quantitative estimate of drug-likeness (QED) is 0.0954. The number of nitrogens with zero attached hydrogens (tertiary/aromatic N) is 1. The van der Waals surface area contributed by atoms with E-state index >= 15 is 0 Å². The molecule has 238 valence electrons. The summed E-state index contributed by atoms with van der Waals surface area (Å²) < 4.78 is 13.7. The second-order valence-corrected chi connectivity index (χ2v) is 12.3. The zero-order chi connectivity index (χ0) is 29.8. The van der Waals surface area contributed by atoms with Crippen LogP contribution in [0.3, 0.4) is 0 Å². The summed E-state index contributed by atoms with van der Waals surface area (Å²) in [6.07, 6.45) is 20.8. The molecule has 0 aliphatic carbocycles. The highest BCUT2D eigenvalue weighted by Gasteiger charge is 2.10. The second-order valence-electron chi connectivity index (χ2n) is 11.2. The van der Waals surface area contributed by atoms with E-state index < -0.39 is 0 Å². The molecule has 3 aromatic rings. The summed E-state index contributed by atoms with van der Waals surface area (Å²) in [7, 11) is 1.64. The SMILES string of the molecule is CCCCCCCCCCCCCCCCOc1cc(NC(=O)Nc2cccc(C[n+]3csc(C)c3)c2)ccc1OC.[Br-]. The number of aromatic nitrogens is 1. The highest BCUT2D eigenvalue weighted by molar-refractivity contribution is 7.09. The van der Waals surface area contributed by atoms with Crippen LogP contribution in [0.5, 0.6) is 11.5 Å². The van der Waals surface area contributed by atoms with Crippen LogP contribution in [0.15, 0.2) is 54.2 Å². The number of methoxy groups -OCH3 is 1. The van der Waals surface area contributed by atoms with Crippen LogP contribution in [0.4, 0.5) is 16.2 Å².